The summed E-state index contributed by atoms with van der Waals surface area (Å²) < 4.78 is 5.43. The first kappa shape index (κ1) is 16.6. The van der Waals surface area contributed by atoms with Gasteiger partial charge < -0.3 is 15.4 Å². The molecule has 2 aliphatic carbocycles. The van der Waals surface area contributed by atoms with E-state index in [4.69, 9.17) is 4.74 Å². The van der Waals surface area contributed by atoms with Crippen LogP contribution in [0.4, 0.5) is 0 Å². The van der Waals surface area contributed by atoms with E-state index >= 15 is 0 Å². The first-order chi connectivity index (χ1) is 12.2. The first-order valence-electron chi connectivity index (χ1n) is 9.43. The van der Waals surface area contributed by atoms with Gasteiger partial charge in [0.2, 0.25) is 5.91 Å². The number of aromatic nitrogens is 2. The van der Waals surface area contributed by atoms with E-state index in [1.165, 1.54) is 0 Å². The molecule has 2 amide bonds. The zero-order valence-electron chi connectivity index (χ0n) is 14.5. The summed E-state index contributed by atoms with van der Waals surface area (Å²) in [5, 5.41) is 13.3. The summed E-state index contributed by atoms with van der Waals surface area (Å²) in [6, 6.07) is 0.260. The van der Waals surface area contributed by atoms with Gasteiger partial charge in [-0.1, -0.05) is 6.42 Å². The second kappa shape index (κ2) is 7.15. The van der Waals surface area contributed by atoms with Crippen LogP contribution in [-0.4, -0.2) is 41.2 Å². The molecule has 2 heterocycles. The molecule has 7 heteroatoms. The van der Waals surface area contributed by atoms with Crippen molar-refractivity contribution in [2.75, 3.05) is 13.2 Å². The molecule has 25 heavy (non-hydrogen) atoms. The van der Waals surface area contributed by atoms with Gasteiger partial charge in [0.15, 0.2) is 5.69 Å². The number of hydrogen-bond acceptors (Lipinski definition) is 4. The van der Waals surface area contributed by atoms with Crippen molar-refractivity contribution in [1.29, 1.82) is 0 Å². The number of carbonyl (C=O) groups excluding carboxylic acids is 2. The van der Waals surface area contributed by atoms with Crippen molar-refractivity contribution >= 4 is 11.8 Å². The minimum Gasteiger partial charge on any atom is -0.376 e. The second-order valence-corrected chi connectivity index (χ2v) is 7.55. The molecule has 0 unspecified atom stereocenters. The lowest BCUT2D eigenvalue weighted by atomic mass is 9.85. The van der Waals surface area contributed by atoms with E-state index in [-0.39, 0.29) is 23.8 Å². The van der Waals surface area contributed by atoms with E-state index in [1.54, 1.807) is 0 Å². The smallest absolute Gasteiger partial charge is 0.272 e. The fraction of sp³-hybridized carbons (Fsp3) is 0.722. The van der Waals surface area contributed by atoms with Crippen molar-refractivity contribution in [2.24, 2.45) is 11.8 Å². The summed E-state index contributed by atoms with van der Waals surface area (Å²) in [4.78, 5) is 24.4. The lowest BCUT2D eigenvalue weighted by molar-refractivity contribution is -0.123. The number of aromatic amines is 1. The molecule has 0 saturated heterocycles. The zero-order chi connectivity index (χ0) is 17.2. The highest BCUT2D eigenvalue weighted by atomic mass is 16.5. The minimum atomic E-state index is -0.132. The molecule has 3 aliphatic rings. The van der Waals surface area contributed by atoms with Crippen LogP contribution in [0.25, 0.3) is 0 Å². The molecule has 136 valence electrons. The summed E-state index contributed by atoms with van der Waals surface area (Å²) in [5.74, 6) is 0.756. The van der Waals surface area contributed by atoms with Gasteiger partial charge in [-0.05, 0) is 38.0 Å². The highest BCUT2D eigenvalue weighted by Crippen LogP contribution is 2.30. The van der Waals surface area contributed by atoms with Crippen molar-refractivity contribution in [1.82, 2.24) is 20.8 Å². The van der Waals surface area contributed by atoms with Gasteiger partial charge in [0.05, 0.1) is 13.2 Å². The van der Waals surface area contributed by atoms with Crippen molar-refractivity contribution in [3.05, 3.63) is 17.0 Å². The van der Waals surface area contributed by atoms with Crippen LogP contribution in [0.2, 0.25) is 0 Å². The molecule has 0 bridgehead atoms. The van der Waals surface area contributed by atoms with Crippen molar-refractivity contribution in [3.8, 4) is 0 Å². The van der Waals surface area contributed by atoms with Crippen LogP contribution in [0.15, 0.2) is 0 Å². The molecule has 2 atom stereocenters. The van der Waals surface area contributed by atoms with Gasteiger partial charge in [-0.2, -0.15) is 5.10 Å². The Morgan fingerprint density at radius 1 is 1.24 bits per heavy atom. The average molecular weight is 346 g/mol. The number of rotatable bonds is 5. The molecule has 1 aromatic heterocycles. The fourth-order valence-electron chi connectivity index (χ4n) is 3.89. The Balaban J connectivity index is 1.28. The Bertz CT molecular complexity index is 653. The van der Waals surface area contributed by atoms with Crippen molar-refractivity contribution < 1.29 is 14.3 Å². The predicted octanol–water partition coefficient (Wildman–Crippen LogP) is 1.30. The summed E-state index contributed by atoms with van der Waals surface area (Å²) >= 11 is 0. The van der Waals surface area contributed by atoms with Crippen molar-refractivity contribution in [3.63, 3.8) is 0 Å². The average Bonchev–Trinajstić information content (AvgIpc) is 3.39. The molecular weight excluding hydrogens is 320 g/mol. The third kappa shape index (κ3) is 3.86. The van der Waals surface area contributed by atoms with Gasteiger partial charge in [0.25, 0.3) is 5.91 Å². The van der Waals surface area contributed by atoms with Crippen LogP contribution < -0.4 is 10.6 Å². The second-order valence-electron chi connectivity index (χ2n) is 7.55. The van der Waals surface area contributed by atoms with E-state index < -0.39 is 0 Å². The monoisotopic (exact) mass is 346 g/mol. The summed E-state index contributed by atoms with van der Waals surface area (Å²) in [5.41, 5.74) is 2.36. The lowest BCUT2D eigenvalue weighted by Crippen LogP contribution is -2.41. The fourth-order valence-corrected chi connectivity index (χ4v) is 3.89. The van der Waals surface area contributed by atoms with Gasteiger partial charge in [0.1, 0.15) is 0 Å². The molecule has 0 spiro atoms. The van der Waals surface area contributed by atoms with Crippen LogP contribution in [0.5, 0.6) is 0 Å². The van der Waals surface area contributed by atoms with E-state index in [0.717, 1.165) is 56.2 Å². The molecule has 3 N–H and O–H groups in total. The maximum atomic E-state index is 12.5. The number of H-pyrrole nitrogens is 1. The highest BCUT2D eigenvalue weighted by Gasteiger charge is 2.32. The molecule has 2 fully saturated rings. The summed E-state index contributed by atoms with van der Waals surface area (Å²) in [6.07, 6.45) is 7.04. The van der Waals surface area contributed by atoms with Crippen LogP contribution in [0.3, 0.4) is 0 Å². The predicted molar refractivity (Wildman–Crippen MR) is 90.9 cm³/mol. The largest absolute Gasteiger partial charge is 0.376 e. The van der Waals surface area contributed by atoms with E-state index in [2.05, 4.69) is 20.8 Å². The Morgan fingerprint density at radius 3 is 2.96 bits per heavy atom. The molecule has 2 saturated carbocycles. The molecular formula is C18H26N4O3. The van der Waals surface area contributed by atoms with E-state index in [1.807, 2.05) is 0 Å². The zero-order valence-corrected chi connectivity index (χ0v) is 14.5. The number of carbonyl (C=O) groups is 2. The number of nitrogens with zero attached hydrogens (tertiary/aromatic N) is 1. The number of amides is 2. The van der Waals surface area contributed by atoms with Gasteiger partial charge in [-0.25, -0.2) is 0 Å². The van der Waals surface area contributed by atoms with E-state index in [0.29, 0.717) is 31.4 Å². The van der Waals surface area contributed by atoms with Gasteiger partial charge >= 0.3 is 0 Å². The Hall–Kier alpha value is -1.89. The molecule has 1 aliphatic heterocycles. The number of nitrogens with one attached hydrogen (secondary N) is 3. The van der Waals surface area contributed by atoms with Gasteiger partial charge in [-0.3, -0.25) is 14.7 Å². The molecule has 0 radical (unpaired) electrons. The Labute approximate surface area is 147 Å². The van der Waals surface area contributed by atoms with Crippen LogP contribution in [-0.2, 0) is 22.6 Å². The summed E-state index contributed by atoms with van der Waals surface area (Å²) in [6.45, 7) is 1.76. The third-order valence-corrected chi connectivity index (χ3v) is 5.54. The first-order valence-corrected chi connectivity index (χ1v) is 9.43. The Morgan fingerprint density at radius 2 is 2.12 bits per heavy atom. The number of hydrogen-bond donors (Lipinski definition) is 3. The maximum absolute atomic E-state index is 12.5. The molecule has 1 aromatic rings. The highest BCUT2D eigenvalue weighted by molar-refractivity contribution is 5.94. The van der Waals surface area contributed by atoms with Gasteiger partial charge in [0, 0.05) is 36.2 Å². The Kier molecular flexibility index (Phi) is 4.74. The molecule has 7 nitrogen and oxygen atoms in total. The van der Waals surface area contributed by atoms with Crippen LogP contribution in [0.1, 0.15) is 60.3 Å². The SMILES string of the molecule is O=C(NC[C@@H]1CCC[C@H](NC(=O)C2CC2)C1)c1n[nH]c2c1COCC2. The quantitative estimate of drug-likeness (QED) is 0.749. The minimum absolute atomic E-state index is 0.132. The number of fused-ring (bicyclic) bond motifs is 1. The van der Waals surface area contributed by atoms with Crippen LogP contribution >= 0.6 is 0 Å². The summed E-state index contributed by atoms with van der Waals surface area (Å²) in [7, 11) is 0. The third-order valence-electron chi connectivity index (χ3n) is 5.54. The van der Waals surface area contributed by atoms with Crippen molar-refractivity contribution in [2.45, 2.75) is 57.6 Å². The van der Waals surface area contributed by atoms with Gasteiger partial charge in [-0.15, -0.1) is 0 Å². The standard InChI is InChI=1S/C18H26N4O3/c23-17(12-4-5-12)20-13-3-1-2-11(8-13)9-19-18(24)16-14-10-25-7-6-15(14)21-22-16/h11-13H,1-10H2,(H,19,24)(H,20,23)(H,21,22)/t11-,13+/m1/s1. The van der Waals surface area contributed by atoms with E-state index in [9.17, 15) is 9.59 Å². The maximum Gasteiger partial charge on any atom is 0.272 e. The molecule has 0 aromatic carbocycles. The topological polar surface area (TPSA) is 96.1 Å². The molecule has 4 rings (SSSR count). The normalized spacial score (nSPS) is 25.9. The number of ether oxygens (including phenoxy) is 1. The van der Waals surface area contributed by atoms with Crippen LogP contribution in [0, 0.1) is 11.8 Å². The lowest BCUT2D eigenvalue weighted by Gasteiger charge is -2.30.